The summed E-state index contributed by atoms with van der Waals surface area (Å²) in [5.41, 5.74) is 2.79. The van der Waals surface area contributed by atoms with Gasteiger partial charge in [0.15, 0.2) is 0 Å². The molecule has 0 N–H and O–H groups in total. The van der Waals surface area contributed by atoms with Crippen LogP contribution in [-0.2, 0) is 4.74 Å². The molecule has 118 valence electrons. The normalized spacial score (nSPS) is 10.8. The number of nitrogens with zero attached hydrogens (tertiary/aromatic N) is 1. The van der Waals surface area contributed by atoms with Gasteiger partial charge in [0.25, 0.3) is 0 Å². The molecule has 3 nitrogen and oxygen atoms in total. The lowest BCUT2D eigenvalue weighted by atomic mass is 10.0. The average Bonchev–Trinajstić information content (AvgIpc) is 2.62. The van der Waals surface area contributed by atoms with E-state index in [2.05, 4.69) is 22.9 Å². The lowest BCUT2D eigenvalue weighted by Gasteiger charge is -2.04. The van der Waals surface area contributed by atoms with Crippen molar-refractivity contribution < 1.29 is 9.47 Å². The fraction of sp³-hybridized carbons (Fsp3) is 0.250. The SMILES string of the molecule is CCOCC/C=C(\C#Cc1ccccn1)c1ccc(OC)cc1. The number of aromatic nitrogens is 1. The highest BCUT2D eigenvalue weighted by Gasteiger charge is 2.00. The first kappa shape index (κ1) is 16.8. The van der Waals surface area contributed by atoms with Crippen LogP contribution in [0.25, 0.3) is 5.57 Å². The maximum atomic E-state index is 5.39. The highest BCUT2D eigenvalue weighted by molar-refractivity contribution is 5.79. The van der Waals surface area contributed by atoms with Crippen LogP contribution in [0.5, 0.6) is 5.75 Å². The number of allylic oxidation sites excluding steroid dienone is 1. The number of hydrogen-bond donors (Lipinski definition) is 0. The van der Waals surface area contributed by atoms with Crippen LogP contribution in [0.15, 0.2) is 54.7 Å². The van der Waals surface area contributed by atoms with E-state index in [9.17, 15) is 0 Å². The second kappa shape index (κ2) is 9.45. The molecule has 2 rings (SSSR count). The predicted molar refractivity (Wildman–Crippen MR) is 93.2 cm³/mol. The van der Waals surface area contributed by atoms with Gasteiger partial charge in [-0.1, -0.05) is 30.2 Å². The molecule has 0 radical (unpaired) electrons. The monoisotopic (exact) mass is 307 g/mol. The van der Waals surface area contributed by atoms with Crippen molar-refractivity contribution in [2.24, 2.45) is 0 Å². The molecule has 1 aromatic carbocycles. The molecule has 0 aliphatic rings. The van der Waals surface area contributed by atoms with Gasteiger partial charge in [0.05, 0.1) is 13.7 Å². The molecule has 0 atom stereocenters. The van der Waals surface area contributed by atoms with Gasteiger partial charge in [0, 0.05) is 18.4 Å². The zero-order valence-electron chi connectivity index (χ0n) is 13.6. The topological polar surface area (TPSA) is 31.4 Å². The van der Waals surface area contributed by atoms with Crippen molar-refractivity contribution in [3.8, 4) is 17.6 Å². The maximum absolute atomic E-state index is 5.39. The van der Waals surface area contributed by atoms with Crippen LogP contribution in [0.4, 0.5) is 0 Å². The molecule has 0 unspecified atom stereocenters. The van der Waals surface area contributed by atoms with Crippen molar-refractivity contribution in [1.29, 1.82) is 0 Å². The molecule has 2 aromatic rings. The Labute approximate surface area is 138 Å². The molecular formula is C20H21NO2. The fourth-order valence-corrected chi connectivity index (χ4v) is 2.01. The quantitative estimate of drug-likeness (QED) is 0.598. The lowest BCUT2D eigenvalue weighted by Crippen LogP contribution is -1.92. The molecule has 0 bridgehead atoms. The second-order valence-corrected chi connectivity index (χ2v) is 4.80. The zero-order valence-corrected chi connectivity index (χ0v) is 13.6. The van der Waals surface area contributed by atoms with Crippen molar-refractivity contribution in [1.82, 2.24) is 4.98 Å². The van der Waals surface area contributed by atoms with Gasteiger partial charge in [0.2, 0.25) is 0 Å². The molecule has 0 saturated carbocycles. The molecular weight excluding hydrogens is 286 g/mol. The number of benzene rings is 1. The Morgan fingerprint density at radius 3 is 2.65 bits per heavy atom. The van der Waals surface area contributed by atoms with Gasteiger partial charge in [-0.25, -0.2) is 4.98 Å². The van der Waals surface area contributed by atoms with Gasteiger partial charge >= 0.3 is 0 Å². The summed E-state index contributed by atoms with van der Waals surface area (Å²) in [6, 6.07) is 13.6. The van der Waals surface area contributed by atoms with E-state index >= 15 is 0 Å². The molecule has 0 amide bonds. The summed E-state index contributed by atoms with van der Waals surface area (Å²) >= 11 is 0. The summed E-state index contributed by atoms with van der Waals surface area (Å²) < 4.78 is 10.6. The van der Waals surface area contributed by atoms with Crippen LogP contribution < -0.4 is 4.74 Å². The summed E-state index contributed by atoms with van der Waals surface area (Å²) in [5.74, 6) is 7.16. The summed E-state index contributed by atoms with van der Waals surface area (Å²) in [4.78, 5) is 4.24. The molecule has 0 saturated heterocycles. The molecule has 0 fully saturated rings. The minimum absolute atomic E-state index is 0.696. The highest BCUT2D eigenvalue weighted by Crippen LogP contribution is 2.19. The summed E-state index contributed by atoms with van der Waals surface area (Å²) in [6.45, 7) is 3.42. The van der Waals surface area contributed by atoms with Crippen LogP contribution in [0, 0.1) is 11.8 Å². The van der Waals surface area contributed by atoms with Crippen molar-refractivity contribution in [2.45, 2.75) is 13.3 Å². The van der Waals surface area contributed by atoms with Crippen molar-refractivity contribution in [3.63, 3.8) is 0 Å². The van der Waals surface area contributed by atoms with Crippen LogP contribution >= 0.6 is 0 Å². The second-order valence-electron chi connectivity index (χ2n) is 4.80. The first-order chi connectivity index (χ1) is 11.3. The smallest absolute Gasteiger partial charge is 0.118 e. The number of hydrogen-bond acceptors (Lipinski definition) is 3. The van der Waals surface area contributed by atoms with Crippen molar-refractivity contribution in [2.75, 3.05) is 20.3 Å². The van der Waals surface area contributed by atoms with Gasteiger partial charge in [-0.15, -0.1) is 0 Å². The van der Waals surface area contributed by atoms with Gasteiger partial charge in [0.1, 0.15) is 11.4 Å². The van der Waals surface area contributed by atoms with Crippen molar-refractivity contribution in [3.05, 3.63) is 66.0 Å². The Balaban J connectivity index is 2.22. The van der Waals surface area contributed by atoms with E-state index in [1.807, 2.05) is 49.4 Å². The van der Waals surface area contributed by atoms with E-state index in [0.717, 1.165) is 35.6 Å². The van der Waals surface area contributed by atoms with E-state index in [-0.39, 0.29) is 0 Å². The first-order valence-corrected chi connectivity index (χ1v) is 7.69. The standard InChI is InChI=1S/C20H21NO2/c1-3-23-16-6-7-17(9-12-19-8-4-5-15-21-19)18-10-13-20(22-2)14-11-18/h4-5,7-8,10-11,13-15H,3,6,16H2,1-2H3/b17-7+. The third kappa shape index (κ3) is 5.61. The summed E-state index contributed by atoms with van der Waals surface area (Å²) in [6.07, 6.45) is 4.68. The van der Waals surface area contributed by atoms with E-state index in [0.29, 0.717) is 6.61 Å². The Morgan fingerprint density at radius 1 is 1.17 bits per heavy atom. The van der Waals surface area contributed by atoms with Gasteiger partial charge < -0.3 is 9.47 Å². The third-order valence-corrected chi connectivity index (χ3v) is 3.21. The van der Waals surface area contributed by atoms with Crippen LogP contribution in [-0.4, -0.2) is 25.3 Å². The van der Waals surface area contributed by atoms with E-state index < -0.39 is 0 Å². The lowest BCUT2D eigenvalue weighted by molar-refractivity contribution is 0.152. The number of rotatable bonds is 6. The Hall–Kier alpha value is -2.57. The first-order valence-electron chi connectivity index (χ1n) is 7.69. The van der Waals surface area contributed by atoms with Gasteiger partial charge in [-0.05, 0) is 49.1 Å². The molecule has 1 heterocycles. The molecule has 0 aliphatic carbocycles. The Bertz CT molecular complexity index is 679. The number of pyridine rings is 1. The maximum Gasteiger partial charge on any atom is 0.118 e. The fourth-order valence-electron chi connectivity index (χ4n) is 2.01. The molecule has 3 heteroatoms. The zero-order chi connectivity index (χ0) is 16.3. The molecule has 1 aromatic heterocycles. The Morgan fingerprint density at radius 2 is 2.00 bits per heavy atom. The number of ether oxygens (including phenoxy) is 2. The summed E-state index contributed by atoms with van der Waals surface area (Å²) in [7, 11) is 1.66. The van der Waals surface area contributed by atoms with E-state index in [1.54, 1.807) is 13.3 Å². The Kier molecular flexibility index (Phi) is 6.90. The summed E-state index contributed by atoms with van der Waals surface area (Å²) in [5, 5.41) is 0. The molecule has 0 spiro atoms. The van der Waals surface area contributed by atoms with Gasteiger partial charge in [-0.3, -0.25) is 0 Å². The van der Waals surface area contributed by atoms with Crippen LogP contribution in [0.3, 0.4) is 0 Å². The largest absolute Gasteiger partial charge is 0.497 e. The average molecular weight is 307 g/mol. The van der Waals surface area contributed by atoms with E-state index in [4.69, 9.17) is 9.47 Å². The minimum atomic E-state index is 0.696. The van der Waals surface area contributed by atoms with Gasteiger partial charge in [-0.2, -0.15) is 0 Å². The number of methoxy groups -OCH3 is 1. The highest BCUT2D eigenvalue weighted by atomic mass is 16.5. The van der Waals surface area contributed by atoms with Crippen LogP contribution in [0.2, 0.25) is 0 Å². The molecule has 0 aliphatic heterocycles. The van der Waals surface area contributed by atoms with Crippen LogP contribution in [0.1, 0.15) is 24.6 Å². The third-order valence-electron chi connectivity index (χ3n) is 3.21. The minimum Gasteiger partial charge on any atom is -0.497 e. The predicted octanol–water partition coefficient (Wildman–Crippen LogP) is 3.95. The molecule has 23 heavy (non-hydrogen) atoms. The van der Waals surface area contributed by atoms with Crippen molar-refractivity contribution >= 4 is 5.57 Å². The van der Waals surface area contributed by atoms with E-state index in [1.165, 1.54) is 0 Å².